The van der Waals surface area contributed by atoms with E-state index in [1.165, 1.54) is 6.92 Å². The van der Waals surface area contributed by atoms with Crippen molar-refractivity contribution in [2.75, 3.05) is 5.75 Å². The summed E-state index contributed by atoms with van der Waals surface area (Å²) in [6.45, 7) is 8.86. The van der Waals surface area contributed by atoms with Gasteiger partial charge in [0.2, 0.25) is 17.7 Å². The summed E-state index contributed by atoms with van der Waals surface area (Å²) in [4.78, 5) is 48.4. The number of carboxylic acid groups (broad SMARTS) is 1. The Morgan fingerprint density at radius 3 is 1.86 bits per heavy atom. The largest absolute Gasteiger partial charge is 0.480 e. The summed E-state index contributed by atoms with van der Waals surface area (Å²) in [5, 5.41) is 16.8. The van der Waals surface area contributed by atoms with E-state index in [1.807, 2.05) is 20.8 Å². The molecular formula is C18H34N4O5S. The Morgan fingerprint density at radius 1 is 0.929 bits per heavy atom. The van der Waals surface area contributed by atoms with Gasteiger partial charge in [-0.1, -0.05) is 34.1 Å². The van der Waals surface area contributed by atoms with Gasteiger partial charge in [-0.3, -0.25) is 14.4 Å². The van der Waals surface area contributed by atoms with Crippen molar-refractivity contribution < 1.29 is 24.3 Å². The molecule has 0 heterocycles. The SMILES string of the molecule is CCC(C)C(NC(=O)C(C)N)C(=O)NC(CS)C(=O)NC(CC(C)C)C(=O)O. The summed E-state index contributed by atoms with van der Waals surface area (Å²) in [6.07, 6.45) is 0.874. The van der Waals surface area contributed by atoms with E-state index in [-0.39, 0.29) is 24.0 Å². The summed E-state index contributed by atoms with van der Waals surface area (Å²) in [5.41, 5.74) is 5.55. The summed E-state index contributed by atoms with van der Waals surface area (Å²) in [6, 6.07) is -3.75. The lowest BCUT2D eigenvalue weighted by Crippen LogP contribution is -2.59. The molecule has 0 aromatic heterocycles. The number of aliphatic carboxylic acids is 1. The number of thiol groups is 1. The molecule has 0 aromatic rings. The van der Waals surface area contributed by atoms with Crippen LogP contribution in [0.2, 0.25) is 0 Å². The van der Waals surface area contributed by atoms with Crippen LogP contribution >= 0.6 is 12.6 Å². The van der Waals surface area contributed by atoms with Gasteiger partial charge in [0.1, 0.15) is 18.1 Å². The van der Waals surface area contributed by atoms with Gasteiger partial charge in [0.05, 0.1) is 6.04 Å². The molecule has 0 spiro atoms. The van der Waals surface area contributed by atoms with E-state index < -0.39 is 47.9 Å². The molecule has 5 unspecified atom stereocenters. The summed E-state index contributed by atoms with van der Waals surface area (Å²) in [5.74, 6) is -2.97. The second kappa shape index (κ2) is 12.6. The van der Waals surface area contributed by atoms with E-state index in [0.29, 0.717) is 6.42 Å². The van der Waals surface area contributed by atoms with Crippen LogP contribution in [0.15, 0.2) is 0 Å². The zero-order valence-electron chi connectivity index (χ0n) is 17.2. The van der Waals surface area contributed by atoms with Gasteiger partial charge in [0.25, 0.3) is 0 Å². The minimum atomic E-state index is -1.15. The molecule has 3 amide bonds. The number of carbonyl (C=O) groups excluding carboxylic acids is 3. The highest BCUT2D eigenvalue weighted by Gasteiger charge is 2.31. The molecule has 0 radical (unpaired) electrons. The molecule has 6 N–H and O–H groups in total. The lowest BCUT2D eigenvalue weighted by atomic mass is 9.97. The van der Waals surface area contributed by atoms with Gasteiger partial charge in [-0.15, -0.1) is 0 Å². The molecule has 0 aromatic carbocycles. The van der Waals surface area contributed by atoms with Crippen LogP contribution < -0.4 is 21.7 Å². The fourth-order valence-corrected chi connectivity index (χ4v) is 2.66. The maximum absolute atomic E-state index is 12.7. The third kappa shape index (κ3) is 8.92. The average molecular weight is 419 g/mol. The Bertz CT molecular complexity index is 556. The van der Waals surface area contributed by atoms with Crippen LogP contribution in [0.3, 0.4) is 0 Å². The van der Waals surface area contributed by atoms with Crippen molar-refractivity contribution in [3.8, 4) is 0 Å². The molecule has 9 nitrogen and oxygen atoms in total. The first-order valence-corrected chi connectivity index (χ1v) is 10.1. The quantitative estimate of drug-likeness (QED) is 0.244. The molecule has 28 heavy (non-hydrogen) atoms. The van der Waals surface area contributed by atoms with Crippen LogP contribution in [0.25, 0.3) is 0 Å². The van der Waals surface area contributed by atoms with Crippen LogP contribution in [0.5, 0.6) is 0 Å². The number of nitrogens with two attached hydrogens (primary N) is 1. The Morgan fingerprint density at radius 2 is 1.46 bits per heavy atom. The number of rotatable bonds is 12. The van der Waals surface area contributed by atoms with Crippen molar-refractivity contribution in [1.82, 2.24) is 16.0 Å². The van der Waals surface area contributed by atoms with Crippen molar-refractivity contribution in [2.24, 2.45) is 17.6 Å². The molecule has 0 saturated heterocycles. The third-order valence-corrected chi connectivity index (χ3v) is 4.71. The lowest BCUT2D eigenvalue weighted by molar-refractivity contribution is -0.142. The average Bonchev–Trinajstić information content (AvgIpc) is 2.61. The van der Waals surface area contributed by atoms with Crippen LogP contribution in [0.1, 0.15) is 47.5 Å². The van der Waals surface area contributed by atoms with E-state index in [1.54, 1.807) is 6.92 Å². The Labute approximate surface area is 172 Å². The topological polar surface area (TPSA) is 151 Å². The van der Waals surface area contributed by atoms with Crippen molar-refractivity contribution in [2.45, 2.75) is 71.6 Å². The maximum atomic E-state index is 12.7. The van der Waals surface area contributed by atoms with Crippen molar-refractivity contribution >= 4 is 36.3 Å². The highest BCUT2D eigenvalue weighted by atomic mass is 32.1. The second-order valence-corrected chi connectivity index (χ2v) is 7.80. The van der Waals surface area contributed by atoms with E-state index >= 15 is 0 Å². The number of hydrogen-bond acceptors (Lipinski definition) is 6. The van der Waals surface area contributed by atoms with Crippen molar-refractivity contribution in [1.29, 1.82) is 0 Å². The van der Waals surface area contributed by atoms with E-state index in [2.05, 4.69) is 28.6 Å². The fraction of sp³-hybridized carbons (Fsp3) is 0.778. The maximum Gasteiger partial charge on any atom is 0.326 e. The number of nitrogens with one attached hydrogen (secondary N) is 3. The number of carboxylic acids is 1. The van der Waals surface area contributed by atoms with Crippen LogP contribution in [0, 0.1) is 11.8 Å². The van der Waals surface area contributed by atoms with E-state index in [0.717, 1.165) is 0 Å². The first-order chi connectivity index (χ1) is 12.9. The molecule has 10 heteroatoms. The minimum absolute atomic E-state index is 0.0277. The molecule has 0 aliphatic carbocycles. The molecule has 0 aliphatic rings. The van der Waals surface area contributed by atoms with Gasteiger partial charge in [0.15, 0.2) is 0 Å². The van der Waals surface area contributed by atoms with E-state index in [4.69, 9.17) is 5.73 Å². The first kappa shape index (κ1) is 26.2. The number of carbonyl (C=O) groups is 4. The number of hydrogen-bond donors (Lipinski definition) is 6. The molecule has 0 aliphatic heterocycles. The van der Waals surface area contributed by atoms with Crippen molar-refractivity contribution in [3.63, 3.8) is 0 Å². The predicted octanol–water partition coefficient (Wildman–Crippen LogP) is -0.105. The van der Waals surface area contributed by atoms with Crippen LogP contribution in [-0.2, 0) is 19.2 Å². The summed E-state index contributed by atoms with van der Waals surface area (Å²) in [7, 11) is 0. The Hall–Kier alpha value is -1.81. The van der Waals surface area contributed by atoms with E-state index in [9.17, 15) is 24.3 Å². The zero-order chi connectivity index (χ0) is 22.0. The van der Waals surface area contributed by atoms with Crippen LogP contribution in [0.4, 0.5) is 0 Å². The van der Waals surface area contributed by atoms with Gasteiger partial charge in [0, 0.05) is 5.75 Å². The molecular weight excluding hydrogens is 384 g/mol. The third-order valence-electron chi connectivity index (χ3n) is 4.34. The molecule has 0 bridgehead atoms. The van der Waals surface area contributed by atoms with Gasteiger partial charge < -0.3 is 26.8 Å². The van der Waals surface area contributed by atoms with Gasteiger partial charge in [-0.25, -0.2) is 4.79 Å². The first-order valence-electron chi connectivity index (χ1n) is 9.44. The lowest BCUT2D eigenvalue weighted by Gasteiger charge is -2.27. The fourth-order valence-electron chi connectivity index (χ4n) is 2.41. The highest BCUT2D eigenvalue weighted by Crippen LogP contribution is 2.10. The second-order valence-electron chi connectivity index (χ2n) is 7.43. The molecule has 162 valence electrons. The normalized spacial score (nSPS) is 16.4. The summed E-state index contributed by atoms with van der Waals surface area (Å²) >= 11 is 4.09. The highest BCUT2D eigenvalue weighted by molar-refractivity contribution is 7.80. The minimum Gasteiger partial charge on any atom is -0.480 e. The zero-order valence-corrected chi connectivity index (χ0v) is 18.1. The van der Waals surface area contributed by atoms with Crippen LogP contribution in [-0.4, -0.2) is 58.7 Å². The Balaban J connectivity index is 5.20. The smallest absolute Gasteiger partial charge is 0.326 e. The van der Waals surface area contributed by atoms with Gasteiger partial charge >= 0.3 is 5.97 Å². The molecule has 0 saturated carbocycles. The van der Waals surface area contributed by atoms with Gasteiger partial charge in [-0.2, -0.15) is 12.6 Å². The monoisotopic (exact) mass is 418 g/mol. The Kier molecular flexibility index (Phi) is 11.8. The summed E-state index contributed by atoms with van der Waals surface area (Å²) < 4.78 is 0. The van der Waals surface area contributed by atoms with Gasteiger partial charge in [-0.05, 0) is 25.2 Å². The molecule has 0 rings (SSSR count). The molecule has 5 atom stereocenters. The number of amides is 3. The predicted molar refractivity (Wildman–Crippen MR) is 110 cm³/mol. The standard InChI is InChI=1S/C18H34N4O5S/c1-6-10(4)14(22-15(23)11(5)19)17(25)21-13(8-28)16(24)20-12(18(26)27)7-9(2)3/h9-14,28H,6-8,19H2,1-5H3,(H,20,24)(H,21,25)(H,22,23)(H,26,27). The molecule has 0 fully saturated rings. The van der Waals surface area contributed by atoms with Crippen molar-refractivity contribution in [3.05, 3.63) is 0 Å².